The van der Waals surface area contributed by atoms with Gasteiger partial charge < -0.3 is 30.3 Å². The van der Waals surface area contributed by atoms with Crippen molar-refractivity contribution < 1.29 is 14.3 Å². The fourth-order valence-corrected chi connectivity index (χ4v) is 5.51. The zero-order valence-corrected chi connectivity index (χ0v) is 22.9. The summed E-state index contributed by atoms with van der Waals surface area (Å²) in [6, 6.07) is 5.03. The average molecular weight is 533 g/mol. The Morgan fingerprint density at radius 1 is 1.00 bits per heavy atom. The van der Waals surface area contributed by atoms with E-state index < -0.39 is 0 Å². The monoisotopic (exact) mass is 532 g/mol. The van der Waals surface area contributed by atoms with Crippen LogP contribution in [-0.4, -0.2) is 79.1 Å². The third-order valence-corrected chi connectivity index (χ3v) is 7.74. The first-order chi connectivity index (χ1) is 18.1. The van der Waals surface area contributed by atoms with Gasteiger partial charge in [0.15, 0.2) is 11.5 Å². The maximum absolute atomic E-state index is 11.2. The molecule has 0 atom stereocenters. The van der Waals surface area contributed by atoms with Crippen LogP contribution in [0.4, 0.5) is 11.8 Å². The van der Waals surface area contributed by atoms with Gasteiger partial charge in [-0.3, -0.25) is 4.79 Å². The van der Waals surface area contributed by atoms with E-state index in [1.807, 2.05) is 12.1 Å². The maximum atomic E-state index is 11.2. The first-order valence-electron chi connectivity index (χ1n) is 13.6. The molecule has 0 bridgehead atoms. The summed E-state index contributed by atoms with van der Waals surface area (Å²) in [6.45, 7) is 3.67. The van der Waals surface area contributed by atoms with Crippen molar-refractivity contribution in [1.29, 1.82) is 0 Å². The number of likely N-dealkylation sites (tertiary alicyclic amines) is 1. The van der Waals surface area contributed by atoms with E-state index in [4.69, 9.17) is 31.0 Å². The van der Waals surface area contributed by atoms with Crippen molar-refractivity contribution in [3.05, 3.63) is 12.1 Å². The minimum absolute atomic E-state index is 0.00746. The van der Waals surface area contributed by atoms with Crippen LogP contribution in [0.2, 0.25) is 0 Å². The smallest absolute Gasteiger partial charge is 0.234 e. The van der Waals surface area contributed by atoms with E-state index in [-0.39, 0.29) is 11.8 Å². The number of alkyl halides is 1. The molecule has 0 radical (unpaired) electrons. The molecule has 9 nitrogen and oxygen atoms in total. The number of benzene rings is 1. The van der Waals surface area contributed by atoms with Gasteiger partial charge in [0.2, 0.25) is 11.9 Å². The van der Waals surface area contributed by atoms with Crippen LogP contribution in [0.15, 0.2) is 12.1 Å². The number of aromatic nitrogens is 2. The lowest BCUT2D eigenvalue weighted by atomic mass is 10.0. The van der Waals surface area contributed by atoms with Crippen molar-refractivity contribution >= 4 is 40.2 Å². The highest BCUT2D eigenvalue weighted by Gasteiger charge is 2.27. The third kappa shape index (κ3) is 7.51. The first-order valence-corrected chi connectivity index (χ1v) is 14.2. The predicted octanol–water partition coefficient (Wildman–Crippen LogP) is 4.40. The Labute approximate surface area is 225 Å². The number of rotatable bonds is 13. The maximum Gasteiger partial charge on any atom is 0.234 e. The molecular weight excluding hydrogens is 492 g/mol. The number of carbonyl (C=O) groups excluding carboxylic acids is 1. The highest BCUT2D eigenvalue weighted by atomic mass is 35.5. The summed E-state index contributed by atoms with van der Waals surface area (Å²) < 4.78 is 11.1. The molecule has 1 saturated heterocycles. The summed E-state index contributed by atoms with van der Waals surface area (Å²) in [5.41, 5.74) is 0.810. The van der Waals surface area contributed by atoms with E-state index in [0.717, 1.165) is 74.5 Å². The molecule has 2 fully saturated rings. The van der Waals surface area contributed by atoms with Crippen molar-refractivity contribution in [3.63, 3.8) is 0 Å². The number of nitrogens with zero attached hydrogens (tertiary/aromatic N) is 3. The Bertz CT molecular complexity index is 1020. The summed E-state index contributed by atoms with van der Waals surface area (Å²) >= 11 is 5.51. The largest absolute Gasteiger partial charge is 0.493 e. The van der Waals surface area contributed by atoms with Crippen LogP contribution in [0.25, 0.3) is 10.9 Å². The molecule has 10 heteroatoms. The standard InChI is InChI=1S/C27H41ClN6O3/c1-36-23-16-21-22(17-24(23)37-2)32-27(30-13-7-3-6-12-29-25(35)18-28)33-26(21)31-19-10-14-34(15-11-19)20-8-4-5-9-20/h16-17,19-20H,3-15,18H2,1-2H3,(H,29,35)(H2,30,31,32,33). The number of hydrogen-bond donors (Lipinski definition) is 3. The van der Waals surface area contributed by atoms with E-state index in [2.05, 4.69) is 20.9 Å². The number of hydrogen-bond acceptors (Lipinski definition) is 8. The number of halogens is 1. The van der Waals surface area contributed by atoms with Gasteiger partial charge in [0.25, 0.3) is 0 Å². The quantitative estimate of drug-likeness (QED) is 0.258. The average Bonchev–Trinajstić information content (AvgIpc) is 3.47. The highest BCUT2D eigenvalue weighted by Crippen LogP contribution is 2.35. The van der Waals surface area contributed by atoms with Crippen LogP contribution in [0, 0.1) is 0 Å². The number of ether oxygens (including phenoxy) is 2. The predicted molar refractivity (Wildman–Crippen MR) is 149 cm³/mol. The molecule has 3 N–H and O–H groups in total. The SMILES string of the molecule is COc1cc2nc(NCCCCCNC(=O)CCl)nc(NC3CCN(C4CCCC4)CC3)c2cc1OC. The van der Waals surface area contributed by atoms with Crippen molar-refractivity contribution in [1.82, 2.24) is 20.2 Å². The van der Waals surface area contributed by atoms with Crippen LogP contribution in [-0.2, 0) is 4.79 Å². The van der Waals surface area contributed by atoms with Crippen molar-refractivity contribution in [2.45, 2.75) is 69.9 Å². The topological polar surface area (TPSA) is 101 Å². The second-order valence-corrected chi connectivity index (χ2v) is 10.3. The zero-order valence-electron chi connectivity index (χ0n) is 22.2. The van der Waals surface area contributed by atoms with Crippen LogP contribution in [0.5, 0.6) is 11.5 Å². The summed E-state index contributed by atoms with van der Waals surface area (Å²) in [5.74, 6) is 2.63. The number of nitrogens with one attached hydrogen (secondary N) is 3. The molecule has 1 aromatic heterocycles. The van der Waals surface area contributed by atoms with Crippen molar-refractivity contribution in [3.8, 4) is 11.5 Å². The van der Waals surface area contributed by atoms with Gasteiger partial charge in [-0.15, -0.1) is 11.6 Å². The lowest BCUT2D eigenvalue weighted by Gasteiger charge is -2.36. The summed E-state index contributed by atoms with van der Waals surface area (Å²) in [4.78, 5) is 23.6. The number of carbonyl (C=O) groups is 1. The third-order valence-electron chi connectivity index (χ3n) is 7.49. The molecule has 204 valence electrons. The van der Waals surface area contributed by atoms with Gasteiger partial charge in [-0.25, -0.2) is 4.98 Å². The van der Waals surface area contributed by atoms with E-state index in [1.54, 1.807) is 14.2 Å². The Hall–Kier alpha value is -2.52. The normalized spacial score (nSPS) is 17.2. The van der Waals surface area contributed by atoms with Crippen LogP contribution in [0.1, 0.15) is 57.8 Å². The van der Waals surface area contributed by atoms with Crippen molar-refractivity contribution in [2.75, 3.05) is 56.9 Å². The summed E-state index contributed by atoms with van der Waals surface area (Å²) in [7, 11) is 3.28. The Morgan fingerprint density at radius 3 is 2.41 bits per heavy atom. The lowest BCUT2D eigenvalue weighted by Crippen LogP contribution is -2.43. The number of unbranched alkanes of at least 4 members (excludes halogenated alkanes) is 2. The number of anilines is 2. The second kappa shape index (κ2) is 13.9. The molecule has 1 amide bonds. The molecule has 1 aromatic carbocycles. The highest BCUT2D eigenvalue weighted by molar-refractivity contribution is 6.27. The first kappa shape index (κ1) is 27.5. The van der Waals surface area contributed by atoms with Gasteiger partial charge in [0.1, 0.15) is 11.7 Å². The number of amides is 1. The van der Waals surface area contributed by atoms with E-state index >= 15 is 0 Å². The number of methoxy groups -OCH3 is 2. The minimum Gasteiger partial charge on any atom is -0.493 e. The lowest BCUT2D eigenvalue weighted by molar-refractivity contribution is -0.118. The fraction of sp³-hybridized carbons (Fsp3) is 0.667. The van der Waals surface area contributed by atoms with E-state index in [0.29, 0.717) is 30.0 Å². The molecular formula is C27H41ClN6O3. The van der Waals surface area contributed by atoms with Gasteiger partial charge in [-0.2, -0.15) is 4.98 Å². The molecule has 1 aliphatic carbocycles. The zero-order chi connectivity index (χ0) is 26.0. The van der Waals surface area contributed by atoms with E-state index in [1.165, 1.54) is 25.7 Å². The molecule has 0 unspecified atom stereocenters. The molecule has 1 saturated carbocycles. The summed E-state index contributed by atoms with van der Waals surface area (Å²) in [5, 5.41) is 10.8. The van der Waals surface area contributed by atoms with Gasteiger partial charge >= 0.3 is 0 Å². The molecule has 4 rings (SSSR count). The van der Waals surface area contributed by atoms with Gasteiger partial charge in [-0.1, -0.05) is 12.8 Å². The molecule has 1 aliphatic heterocycles. The molecule has 0 spiro atoms. The minimum atomic E-state index is -0.124. The second-order valence-electron chi connectivity index (χ2n) is 9.98. The fourth-order valence-electron chi connectivity index (χ4n) is 5.42. The molecule has 2 aromatic rings. The molecule has 37 heavy (non-hydrogen) atoms. The van der Waals surface area contributed by atoms with Gasteiger partial charge in [-0.05, 0) is 51.0 Å². The van der Waals surface area contributed by atoms with Gasteiger partial charge in [0, 0.05) is 49.7 Å². The van der Waals surface area contributed by atoms with Crippen LogP contribution < -0.4 is 25.4 Å². The Balaban J connectivity index is 1.41. The molecule has 2 aliphatic rings. The van der Waals surface area contributed by atoms with Crippen LogP contribution >= 0.6 is 11.6 Å². The van der Waals surface area contributed by atoms with Crippen LogP contribution in [0.3, 0.4) is 0 Å². The number of fused-ring (bicyclic) bond motifs is 1. The Kier molecular flexibility index (Phi) is 10.3. The van der Waals surface area contributed by atoms with Gasteiger partial charge in [0.05, 0.1) is 19.7 Å². The number of piperidine rings is 1. The van der Waals surface area contributed by atoms with E-state index in [9.17, 15) is 4.79 Å². The Morgan fingerprint density at radius 2 is 1.70 bits per heavy atom. The molecule has 2 heterocycles. The summed E-state index contributed by atoms with van der Waals surface area (Å²) in [6.07, 6.45) is 10.5. The van der Waals surface area contributed by atoms with Crippen molar-refractivity contribution in [2.24, 2.45) is 0 Å².